The van der Waals surface area contributed by atoms with Gasteiger partial charge in [-0.25, -0.2) is 0 Å². The fourth-order valence-electron chi connectivity index (χ4n) is 1.79. The number of carbonyl (C=O) groups excluding carboxylic acids is 1. The zero-order chi connectivity index (χ0) is 10.8. The lowest BCUT2D eigenvalue weighted by Gasteiger charge is -2.38. The Hall–Kier alpha value is -0.280. The lowest BCUT2D eigenvalue weighted by Crippen LogP contribution is -2.53. The van der Waals surface area contributed by atoms with Gasteiger partial charge in [-0.05, 0) is 33.6 Å². The van der Waals surface area contributed by atoms with Crippen LogP contribution in [-0.4, -0.2) is 29.5 Å². The normalized spacial score (nSPS) is 35.0. The summed E-state index contributed by atoms with van der Waals surface area (Å²) in [5, 5.41) is 2.51. The van der Waals surface area contributed by atoms with Gasteiger partial charge in [-0.1, -0.05) is 0 Å². The summed E-state index contributed by atoms with van der Waals surface area (Å²) in [6.45, 7) is 6.45. The minimum absolute atomic E-state index is 0.0942. The number of amides is 1. The molecule has 0 saturated carbocycles. The summed E-state index contributed by atoms with van der Waals surface area (Å²) in [7, 11) is 0. The average molecular weight is 220 g/mol. The second-order valence-electron chi connectivity index (χ2n) is 4.30. The van der Waals surface area contributed by atoms with Crippen LogP contribution in [0.2, 0.25) is 0 Å². The van der Waals surface area contributed by atoms with Crippen LogP contribution in [0.25, 0.3) is 0 Å². The molecule has 1 amide bonds. The lowest BCUT2D eigenvalue weighted by atomic mass is 9.89. The topological polar surface area (TPSA) is 38.3 Å². The number of ether oxygens (including phenoxy) is 1. The van der Waals surface area contributed by atoms with Gasteiger partial charge in [0.2, 0.25) is 5.91 Å². The number of rotatable bonds is 2. The van der Waals surface area contributed by atoms with Crippen LogP contribution in [0.5, 0.6) is 0 Å². The summed E-state index contributed by atoms with van der Waals surface area (Å²) in [6, 6.07) is 0. The Balaban J connectivity index is 2.52. The molecule has 82 valence electrons. The van der Waals surface area contributed by atoms with Gasteiger partial charge in [0.05, 0.1) is 6.10 Å². The van der Waals surface area contributed by atoms with E-state index in [1.807, 2.05) is 13.8 Å². The quantitative estimate of drug-likeness (QED) is 0.718. The van der Waals surface area contributed by atoms with Gasteiger partial charge in [0, 0.05) is 12.1 Å². The summed E-state index contributed by atoms with van der Waals surface area (Å²) < 4.78 is 5.43. The van der Waals surface area contributed by atoms with E-state index in [0.717, 1.165) is 12.8 Å². The van der Waals surface area contributed by atoms with Crippen molar-refractivity contribution in [2.75, 3.05) is 6.61 Å². The zero-order valence-electron chi connectivity index (χ0n) is 8.97. The molecule has 0 radical (unpaired) electrons. The number of hydrogen-bond donors (Lipinski definition) is 1. The zero-order valence-corrected chi connectivity index (χ0v) is 9.73. The molecule has 14 heavy (non-hydrogen) atoms. The second-order valence-corrected chi connectivity index (χ2v) is 4.96. The molecule has 1 heterocycles. The Morgan fingerprint density at radius 3 is 2.86 bits per heavy atom. The number of carbonyl (C=O) groups is 1. The van der Waals surface area contributed by atoms with Gasteiger partial charge in [0.25, 0.3) is 0 Å². The van der Waals surface area contributed by atoms with Gasteiger partial charge in [-0.3, -0.25) is 4.79 Å². The fourth-order valence-corrected chi connectivity index (χ4v) is 1.85. The molecule has 0 bridgehead atoms. The highest BCUT2D eigenvalue weighted by molar-refractivity contribution is 6.30. The van der Waals surface area contributed by atoms with Crippen molar-refractivity contribution in [1.29, 1.82) is 0 Å². The highest BCUT2D eigenvalue weighted by atomic mass is 35.5. The third-order valence-electron chi connectivity index (χ3n) is 2.58. The van der Waals surface area contributed by atoms with Crippen molar-refractivity contribution in [3.8, 4) is 0 Å². The third kappa shape index (κ3) is 3.14. The van der Waals surface area contributed by atoms with E-state index in [2.05, 4.69) is 5.32 Å². The highest BCUT2D eigenvalue weighted by Gasteiger charge is 2.33. The molecule has 0 aromatic carbocycles. The van der Waals surface area contributed by atoms with Crippen LogP contribution < -0.4 is 5.32 Å². The monoisotopic (exact) mass is 219 g/mol. The summed E-state index contributed by atoms with van der Waals surface area (Å²) in [4.78, 5) is 11.4. The van der Waals surface area contributed by atoms with E-state index in [-0.39, 0.29) is 17.6 Å². The van der Waals surface area contributed by atoms with Crippen molar-refractivity contribution in [1.82, 2.24) is 5.32 Å². The molecule has 1 aliphatic heterocycles. The molecular weight excluding hydrogens is 202 g/mol. The van der Waals surface area contributed by atoms with E-state index >= 15 is 0 Å². The molecule has 0 aromatic heterocycles. The molecule has 1 fully saturated rings. The first-order valence-corrected chi connectivity index (χ1v) is 5.44. The first kappa shape index (κ1) is 11.8. The fraction of sp³-hybridized carbons (Fsp3) is 0.900. The van der Waals surface area contributed by atoms with Crippen molar-refractivity contribution in [2.45, 2.75) is 50.6 Å². The van der Waals surface area contributed by atoms with Gasteiger partial charge in [0.15, 0.2) is 0 Å². The van der Waals surface area contributed by atoms with E-state index in [1.165, 1.54) is 0 Å². The summed E-state index contributed by atoms with van der Waals surface area (Å²) in [6.07, 6.45) is 1.91. The molecule has 1 rings (SSSR count). The number of hydrogen-bond acceptors (Lipinski definition) is 2. The first-order valence-electron chi connectivity index (χ1n) is 5.01. The molecule has 3 unspecified atom stereocenters. The Labute approximate surface area is 90.1 Å². The predicted molar refractivity (Wildman–Crippen MR) is 56.5 cm³/mol. The molecule has 4 heteroatoms. The van der Waals surface area contributed by atoms with Crippen LogP contribution in [0.15, 0.2) is 0 Å². The maximum Gasteiger partial charge on any atom is 0.238 e. The van der Waals surface area contributed by atoms with Crippen molar-refractivity contribution in [3.63, 3.8) is 0 Å². The Kier molecular flexibility index (Phi) is 3.78. The van der Waals surface area contributed by atoms with Crippen LogP contribution >= 0.6 is 11.6 Å². The largest absolute Gasteiger partial charge is 0.378 e. The molecule has 1 saturated heterocycles. The first-order chi connectivity index (χ1) is 6.43. The van der Waals surface area contributed by atoms with Crippen molar-refractivity contribution < 1.29 is 9.53 Å². The predicted octanol–water partition coefficient (Wildman–Crippen LogP) is 1.69. The van der Waals surface area contributed by atoms with Crippen LogP contribution in [0, 0.1) is 0 Å². The van der Waals surface area contributed by atoms with E-state index < -0.39 is 5.38 Å². The maximum absolute atomic E-state index is 11.4. The smallest absolute Gasteiger partial charge is 0.238 e. The number of halogens is 1. The van der Waals surface area contributed by atoms with E-state index in [9.17, 15) is 4.79 Å². The van der Waals surface area contributed by atoms with Gasteiger partial charge in [-0.15, -0.1) is 11.6 Å². The van der Waals surface area contributed by atoms with E-state index in [1.54, 1.807) is 6.92 Å². The Morgan fingerprint density at radius 2 is 2.36 bits per heavy atom. The van der Waals surface area contributed by atoms with Crippen LogP contribution in [0.3, 0.4) is 0 Å². The van der Waals surface area contributed by atoms with E-state index in [0.29, 0.717) is 6.61 Å². The molecule has 3 atom stereocenters. The van der Waals surface area contributed by atoms with Crippen molar-refractivity contribution in [2.24, 2.45) is 0 Å². The molecule has 1 aliphatic rings. The minimum Gasteiger partial charge on any atom is -0.378 e. The third-order valence-corrected chi connectivity index (χ3v) is 2.78. The minimum atomic E-state index is -0.468. The molecule has 3 nitrogen and oxygen atoms in total. The average Bonchev–Trinajstić information content (AvgIpc) is 2.02. The van der Waals surface area contributed by atoms with Crippen LogP contribution in [0.1, 0.15) is 33.6 Å². The maximum atomic E-state index is 11.4. The van der Waals surface area contributed by atoms with Gasteiger partial charge < -0.3 is 10.1 Å². The molecular formula is C10H18ClNO2. The second kappa shape index (κ2) is 4.49. The summed E-state index contributed by atoms with van der Waals surface area (Å²) in [5.74, 6) is -0.0942. The van der Waals surface area contributed by atoms with E-state index in [4.69, 9.17) is 16.3 Å². The van der Waals surface area contributed by atoms with Gasteiger partial charge >= 0.3 is 0 Å². The Bertz CT molecular complexity index is 220. The van der Waals surface area contributed by atoms with Crippen molar-refractivity contribution in [3.05, 3.63) is 0 Å². The molecule has 0 aromatic rings. The van der Waals surface area contributed by atoms with Gasteiger partial charge in [-0.2, -0.15) is 0 Å². The van der Waals surface area contributed by atoms with Crippen molar-refractivity contribution >= 4 is 17.5 Å². The van der Waals surface area contributed by atoms with Crippen LogP contribution in [0.4, 0.5) is 0 Å². The molecule has 0 aliphatic carbocycles. The summed E-state index contributed by atoms with van der Waals surface area (Å²) >= 11 is 5.70. The lowest BCUT2D eigenvalue weighted by molar-refractivity contribution is -0.124. The van der Waals surface area contributed by atoms with Gasteiger partial charge in [0.1, 0.15) is 5.38 Å². The summed E-state index contributed by atoms with van der Waals surface area (Å²) in [5.41, 5.74) is -0.155. The SMILES string of the molecule is CC1CC(C)(NC(=O)C(C)Cl)CCO1. The highest BCUT2D eigenvalue weighted by Crippen LogP contribution is 2.24. The Morgan fingerprint density at radius 1 is 1.71 bits per heavy atom. The van der Waals surface area contributed by atoms with Crippen LogP contribution in [-0.2, 0) is 9.53 Å². The molecule has 0 spiro atoms. The standard InChI is InChI=1S/C10H18ClNO2/c1-7-6-10(3,4-5-14-7)12-9(13)8(2)11/h7-8H,4-6H2,1-3H3,(H,12,13). The molecule has 1 N–H and O–H groups in total. The number of alkyl halides is 1. The number of nitrogens with one attached hydrogen (secondary N) is 1.